The molecule has 72 valence electrons. The van der Waals surface area contributed by atoms with Crippen molar-refractivity contribution >= 4 is 0 Å². The summed E-state index contributed by atoms with van der Waals surface area (Å²) >= 11 is 0. The lowest BCUT2D eigenvalue weighted by molar-refractivity contribution is 0.671. The summed E-state index contributed by atoms with van der Waals surface area (Å²) in [6, 6.07) is 2.39. The van der Waals surface area contributed by atoms with Crippen LogP contribution in [0.5, 0.6) is 0 Å². The summed E-state index contributed by atoms with van der Waals surface area (Å²) in [5.41, 5.74) is 4.55. The number of fused-ring (bicyclic) bond motifs is 1. The molecule has 1 aliphatic rings. The minimum Gasteiger partial charge on any atom is -0.362 e. The molecule has 1 unspecified atom stereocenters. The summed E-state index contributed by atoms with van der Waals surface area (Å²) in [6.07, 6.45) is 6.55. The predicted molar refractivity (Wildman–Crippen MR) is 56.1 cm³/mol. The van der Waals surface area contributed by atoms with Crippen molar-refractivity contribution in [3.63, 3.8) is 0 Å². The van der Waals surface area contributed by atoms with Crippen LogP contribution >= 0.6 is 0 Å². The zero-order chi connectivity index (χ0) is 9.26. The van der Waals surface area contributed by atoms with E-state index in [9.17, 15) is 0 Å². The Balaban J connectivity index is 2.25. The van der Waals surface area contributed by atoms with Gasteiger partial charge in [-0.2, -0.15) is 0 Å². The van der Waals surface area contributed by atoms with E-state index in [0.29, 0.717) is 5.92 Å². The number of aromatic amines is 1. The molecule has 1 N–H and O–H groups in total. The standard InChI is InChI=1S/C12H19N/c1-3-9(2)12-8-10-6-4-5-7-11(10)13-12/h8-9,13H,3-7H2,1-2H3. The molecule has 0 aromatic carbocycles. The third kappa shape index (κ3) is 1.65. The van der Waals surface area contributed by atoms with E-state index in [1.165, 1.54) is 43.5 Å². The monoisotopic (exact) mass is 177 g/mol. The first-order chi connectivity index (χ1) is 6.31. The topological polar surface area (TPSA) is 15.8 Å². The van der Waals surface area contributed by atoms with Crippen molar-refractivity contribution in [3.05, 3.63) is 23.0 Å². The Bertz CT molecular complexity index is 262. The molecule has 0 bridgehead atoms. The summed E-state index contributed by atoms with van der Waals surface area (Å²) < 4.78 is 0. The van der Waals surface area contributed by atoms with Crippen molar-refractivity contribution in [3.8, 4) is 0 Å². The SMILES string of the molecule is CCC(C)c1cc2c([nH]1)CCCC2. The highest BCUT2D eigenvalue weighted by molar-refractivity contribution is 5.29. The Labute approximate surface area is 80.6 Å². The lowest BCUT2D eigenvalue weighted by Gasteiger charge is -2.09. The lowest BCUT2D eigenvalue weighted by Crippen LogP contribution is -1.99. The van der Waals surface area contributed by atoms with E-state index >= 15 is 0 Å². The van der Waals surface area contributed by atoms with Crippen molar-refractivity contribution in [1.29, 1.82) is 0 Å². The van der Waals surface area contributed by atoms with Crippen molar-refractivity contribution in [2.75, 3.05) is 0 Å². The van der Waals surface area contributed by atoms with E-state index in [-0.39, 0.29) is 0 Å². The highest BCUT2D eigenvalue weighted by Gasteiger charge is 2.14. The van der Waals surface area contributed by atoms with E-state index in [4.69, 9.17) is 0 Å². The molecule has 0 aliphatic heterocycles. The number of H-pyrrole nitrogens is 1. The maximum atomic E-state index is 3.58. The largest absolute Gasteiger partial charge is 0.362 e. The summed E-state index contributed by atoms with van der Waals surface area (Å²) in [5, 5.41) is 0. The molecule has 1 atom stereocenters. The van der Waals surface area contributed by atoms with Crippen molar-refractivity contribution in [2.24, 2.45) is 0 Å². The Morgan fingerprint density at radius 2 is 2.15 bits per heavy atom. The maximum Gasteiger partial charge on any atom is 0.0181 e. The van der Waals surface area contributed by atoms with Gasteiger partial charge >= 0.3 is 0 Å². The van der Waals surface area contributed by atoms with Crippen LogP contribution in [0.1, 0.15) is 56.0 Å². The van der Waals surface area contributed by atoms with Crippen molar-refractivity contribution in [1.82, 2.24) is 4.98 Å². The van der Waals surface area contributed by atoms with Crippen LogP contribution in [0.4, 0.5) is 0 Å². The molecule has 0 saturated carbocycles. The fourth-order valence-electron chi connectivity index (χ4n) is 2.11. The van der Waals surface area contributed by atoms with Gasteiger partial charge in [0.05, 0.1) is 0 Å². The maximum absolute atomic E-state index is 3.58. The van der Waals surface area contributed by atoms with Crippen LogP contribution in [-0.2, 0) is 12.8 Å². The van der Waals surface area contributed by atoms with Gasteiger partial charge in [0.15, 0.2) is 0 Å². The van der Waals surface area contributed by atoms with Gasteiger partial charge in [0.25, 0.3) is 0 Å². The Morgan fingerprint density at radius 3 is 2.85 bits per heavy atom. The third-order valence-electron chi connectivity index (χ3n) is 3.28. The van der Waals surface area contributed by atoms with Crippen molar-refractivity contribution in [2.45, 2.75) is 51.9 Å². The molecule has 1 aromatic heterocycles. The van der Waals surface area contributed by atoms with E-state index in [0.717, 1.165) is 0 Å². The van der Waals surface area contributed by atoms with Gasteiger partial charge < -0.3 is 4.98 Å². The number of hydrogen-bond acceptors (Lipinski definition) is 0. The minimum absolute atomic E-state index is 0.700. The van der Waals surface area contributed by atoms with Crippen LogP contribution in [0.2, 0.25) is 0 Å². The molecule has 2 rings (SSSR count). The fourth-order valence-corrected chi connectivity index (χ4v) is 2.11. The zero-order valence-electron chi connectivity index (χ0n) is 8.69. The molecular formula is C12H19N. The quantitative estimate of drug-likeness (QED) is 0.712. The van der Waals surface area contributed by atoms with Gasteiger partial charge in [0.1, 0.15) is 0 Å². The van der Waals surface area contributed by atoms with Gasteiger partial charge in [-0.15, -0.1) is 0 Å². The van der Waals surface area contributed by atoms with E-state index in [1.807, 2.05) is 0 Å². The molecule has 13 heavy (non-hydrogen) atoms. The summed E-state index contributed by atoms with van der Waals surface area (Å²) in [4.78, 5) is 3.58. The number of rotatable bonds is 2. The van der Waals surface area contributed by atoms with Gasteiger partial charge in [-0.25, -0.2) is 0 Å². The molecule has 0 amide bonds. The first kappa shape index (κ1) is 8.86. The number of nitrogens with one attached hydrogen (secondary N) is 1. The number of aryl methyl sites for hydroxylation is 2. The summed E-state index contributed by atoms with van der Waals surface area (Å²) in [7, 11) is 0. The summed E-state index contributed by atoms with van der Waals surface area (Å²) in [5.74, 6) is 0.700. The number of hydrogen-bond donors (Lipinski definition) is 1. The average Bonchev–Trinajstić information content (AvgIpc) is 2.59. The van der Waals surface area contributed by atoms with Gasteiger partial charge in [0.2, 0.25) is 0 Å². The molecule has 1 aromatic rings. The van der Waals surface area contributed by atoms with Crippen LogP contribution < -0.4 is 0 Å². The first-order valence-corrected chi connectivity index (χ1v) is 5.52. The molecular weight excluding hydrogens is 158 g/mol. The van der Waals surface area contributed by atoms with Gasteiger partial charge in [0, 0.05) is 11.4 Å². The second-order valence-corrected chi connectivity index (χ2v) is 4.24. The smallest absolute Gasteiger partial charge is 0.0181 e. The van der Waals surface area contributed by atoms with Gasteiger partial charge in [-0.3, -0.25) is 0 Å². The normalized spacial score (nSPS) is 18.3. The molecule has 1 nitrogen and oxygen atoms in total. The lowest BCUT2D eigenvalue weighted by atomic mass is 9.97. The molecule has 1 aliphatic carbocycles. The Morgan fingerprint density at radius 1 is 1.38 bits per heavy atom. The van der Waals surface area contributed by atoms with Crippen LogP contribution in [0.25, 0.3) is 0 Å². The zero-order valence-corrected chi connectivity index (χ0v) is 8.69. The predicted octanol–water partition coefficient (Wildman–Crippen LogP) is 3.41. The average molecular weight is 177 g/mol. The Kier molecular flexibility index (Phi) is 2.43. The van der Waals surface area contributed by atoms with Crippen LogP contribution in [0.3, 0.4) is 0 Å². The molecule has 1 heterocycles. The van der Waals surface area contributed by atoms with Crippen LogP contribution in [-0.4, -0.2) is 4.98 Å². The van der Waals surface area contributed by atoms with E-state index in [1.54, 1.807) is 5.56 Å². The first-order valence-electron chi connectivity index (χ1n) is 5.52. The second kappa shape index (κ2) is 3.57. The summed E-state index contributed by atoms with van der Waals surface area (Å²) in [6.45, 7) is 4.56. The van der Waals surface area contributed by atoms with E-state index in [2.05, 4.69) is 24.9 Å². The molecule has 0 spiro atoms. The van der Waals surface area contributed by atoms with Gasteiger partial charge in [-0.05, 0) is 49.7 Å². The molecule has 0 fully saturated rings. The second-order valence-electron chi connectivity index (χ2n) is 4.24. The highest BCUT2D eigenvalue weighted by atomic mass is 14.7. The Hall–Kier alpha value is -0.720. The minimum atomic E-state index is 0.700. The third-order valence-corrected chi connectivity index (χ3v) is 3.28. The van der Waals surface area contributed by atoms with Crippen LogP contribution in [0.15, 0.2) is 6.07 Å². The highest BCUT2D eigenvalue weighted by Crippen LogP contribution is 2.26. The molecule has 1 heteroatoms. The fraction of sp³-hybridized carbons (Fsp3) is 0.667. The van der Waals surface area contributed by atoms with Gasteiger partial charge in [-0.1, -0.05) is 13.8 Å². The number of aromatic nitrogens is 1. The molecule has 0 radical (unpaired) electrons. The van der Waals surface area contributed by atoms with Crippen molar-refractivity contribution < 1.29 is 0 Å². The van der Waals surface area contributed by atoms with E-state index < -0.39 is 0 Å². The molecule has 0 saturated heterocycles. The van der Waals surface area contributed by atoms with Crippen LogP contribution in [0, 0.1) is 0 Å².